The molecular formula is C15H21IN2. The van der Waals surface area contributed by atoms with E-state index in [9.17, 15) is 0 Å². The molecule has 1 aliphatic heterocycles. The summed E-state index contributed by atoms with van der Waals surface area (Å²) in [4.78, 5) is 2.70. The van der Waals surface area contributed by atoms with Crippen molar-refractivity contribution in [1.82, 2.24) is 10.2 Å². The lowest BCUT2D eigenvalue weighted by molar-refractivity contribution is 0.112. The van der Waals surface area contributed by atoms with Crippen LogP contribution in [0.3, 0.4) is 0 Å². The molecule has 0 spiro atoms. The van der Waals surface area contributed by atoms with E-state index in [4.69, 9.17) is 0 Å². The first-order valence-electron chi connectivity index (χ1n) is 6.94. The van der Waals surface area contributed by atoms with Crippen molar-refractivity contribution in [2.45, 2.75) is 38.4 Å². The fourth-order valence-electron chi connectivity index (χ4n) is 2.95. The van der Waals surface area contributed by atoms with Crippen LogP contribution in [0.1, 0.15) is 25.3 Å². The van der Waals surface area contributed by atoms with Crippen LogP contribution in [0.25, 0.3) is 0 Å². The van der Waals surface area contributed by atoms with Gasteiger partial charge in [0.05, 0.1) is 0 Å². The Labute approximate surface area is 123 Å². The topological polar surface area (TPSA) is 15.3 Å². The molecule has 1 aliphatic carbocycles. The summed E-state index contributed by atoms with van der Waals surface area (Å²) in [7, 11) is 0. The highest BCUT2D eigenvalue weighted by molar-refractivity contribution is 14.1. The van der Waals surface area contributed by atoms with Crippen LogP contribution in [0.5, 0.6) is 0 Å². The summed E-state index contributed by atoms with van der Waals surface area (Å²) in [5.74, 6) is 0.953. The highest BCUT2D eigenvalue weighted by Gasteiger charge is 2.37. The van der Waals surface area contributed by atoms with Crippen molar-refractivity contribution in [3.05, 3.63) is 33.4 Å². The number of hydrogen-bond acceptors (Lipinski definition) is 2. The molecule has 0 aromatic heterocycles. The monoisotopic (exact) mass is 356 g/mol. The van der Waals surface area contributed by atoms with Crippen molar-refractivity contribution in [2.24, 2.45) is 5.92 Å². The summed E-state index contributed by atoms with van der Waals surface area (Å²) in [6, 6.07) is 10.4. The molecule has 2 atom stereocenters. The van der Waals surface area contributed by atoms with Crippen LogP contribution in [0.2, 0.25) is 0 Å². The van der Waals surface area contributed by atoms with Gasteiger partial charge in [-0.15, -0.1) is 0 Å². The van der Waals surface area contributed by atoms with Crippen molar-refractivity contribution < 1.29 is 0 Å². The number of nitrogens with one attached hydrogen (secondary N) is 1. The summed E-state index contributed by atoms with van der Waals surface area (Å²) in [6.07, 6.45) is 2.87. The van der Waals surface area contributed by atoms with Crippen LogP contribution in [0.15, 0.2) is 24.3 Å². The molecule has 1 aromatic rings. The molecule has 1 saturated heterocycles. The third kappa shape index (κ3) is 3.06. The van der Waals surface area contributed by atoms with Gasteiger partial charge in [-0.3, -0.25) is 4.90 Å². The molecule has 2 aliphatic rings. The van der Waals surface area contributed by atoms with Gasteiger partial charge in [0.2, 0.25) is 0 Å². The van der Waals surface area contributed by atoms with E-state index < -0.39 is 0 Å². The molecule has 2 unspecified atom stereocenters. The largest absolute Gasteiger partial charge is 0.311 e. The molecule has 0 amide bonds. The highest BCUT2D eigenvalue weighted by Crippen LogP contribution is 2.36. The molecule has 1 aromatic carbocycles. The van der Waals surface area contributed by atoms with Gasteiger partial charge in [0.1, 0.15) is 0 Å². The van der Waals surface area contributed by atoms with E-state index in [1.807, 2.05) is 0 Å². The Morgan fingerprint density at radius 1 is 1.28 bits per heavy atom. The number of halogens is 1. The lowest BCUT2D eigenvalue weighted by Crippen LogP contribution is -2.55. The average molecular weight is 356 g/mol. The number of rotatable bonds is 3. The van der Waals surface area contributed by atoms with Crippen LogP contribution in [-0.4, -0.2) is 30.1 Å². The van der Waals surface area contributed by atoms with Crippen molar-refractivity contribution in [1.29, 1.82) is 0 Å². The molecule has 2 fully saturated rings. The Hall–Kier alpha value is -0.130. The Morgan fingerprint density at radius 3 is 2.67 bits per heavy atom. The Morgan fingerprint density at radius 2 is 2.00 bits per heavy atom. The number of piperazine rings is 1. The van der Waals surface area contributed by atoms with Crippen LogP contribution in [0, 0.1) is 9.49 Å². The van der Waals surface area contributed by atoms with Gasteiger partial charge in [-0.05, 0) is 66.0 Å². The van der Waals surface area contributed by atoms with Crippen molar-refractivity contribution in [3.8, 4) is 0 Å². The summed E-state index contributed by atoms with van der Waals surface area (Å²) >= 11 is 2.37. The van der Waals surface area contributed by atoms with Crippen LogP contribution < -0.4 is 5.32 Å². The molecule has 1 heterocycles. The van der Waals surface area contributed by atoms with Gasteiger partial charge in [-0.25, -0.2) is 0 Å². The minimum Gasteiger partial charge on any atom is -0.311 e. The van der Waals surface area contributed by atoms with E-state index in [-0.39, 0.29) is 0 Å². The van der Waals surface area contributed by atoms with E-state index in [1.54, 1.807) is 0 Å². The SMILES string of the molecule is CC1CN(Cc2ccc(I)cc2)C(C2CC2)CN1. The van der Waals surface area contributed by atoms with Gasteiger partial charge in [0, 0.05) is 35.3 Å². The van der Waals surface area contributed by atoms with Crippen molar-refractivity contribution >= 4 is 22.6 Å². The van der Waals surface area contributed by atoms with Crippen LogP contribution >= 0.6 is 22.6 Å². The fraction of sp³-hybridized carbons (Fsp3) is 0.600. The molecule has 98 valence electrons. The minimum absolute atomic E-state index is 0.629. The predicted molar refractivity (Wildman–Crippen MR) is 83.5 cm³/mol. The van der Waals surface area contributed by atoms with E-state index >= 15 is 0 Å². The van der Waals surface area contributed by atoms with Gasteiger partial charge in [-0.1, -0.05) is 12.1 Å². The maximum absolute atomic E-state index is 3.64. The zero-order valence-electron chi connectivity index (χ0n) is 10.9. The normalized spacial score (nSPS) is 29.4. The first kappa shape index (κ1) is 12.9. The summed E-state index contributed by atoms with van der Waals surface area (Å²) in [6.45, 7) is 5.78. The highest BCUT2D eigenvalue weighted by atomic mass is 127. The maximum atomic E-state index is 3.64. The molecule has 3 heteroatoms. The lowest BCUT2D eigenvalue weighted by atomic mass is 10.0. The van der Waals surface area contributed by atoms with Crippen molar-refractivity contribution in [3.63, 3.8) is 0 Å². The number of nitrogens with zero attached hydrogens (tertiary/aromatic N) is 1. The molecule has 18 heavy (non-hydrogen) atoms. The lowest BCUT2D eigenvalue weighted by Gasteiger charge is -2.39. The zero-order valence-corrected chi connectivity index (χ0v) is 13.1. The van der Waals surface area contributed by atoms with E-state index in [1.165, 1.54) is 35.1 Å². The predicted octanol–water partition coefficient (Wildman–Crippen LogP) is 2.86. The van der Waals surface area contributed by atoms with Gasteiger partial charge < -0.3 is 5.32 Å². The summed E-state index contributed by atoms with van der Waals surface area (Å²) in [5.41, 5.74) is 1.45. The molecular weight excluding hydrogens is 335 g/mol. The van der Waals surface area contributed by atoms with Gasteiger partial charge in [0.25, 0.3) is 0 Å². The quantitative estimate of drug-likeness (QED) is 0.838. The second-order valence-electron chi connectivity index (χ2n) is 5.77. The van der Waals surface area contributed by atoms with Gasteiger partial charge >= 0.3 is 0 Å². The second kappa shape index (κ2) is 5.47. The van der Waals surface area contributed by atoms with Crippen LogP contribution in [0.4, 0.5) is 0 Å². The maximum Gasteiger partial charge on any atom is 0.0253 e. The van der Waals surface area contributed by atoms with Gasteiger partial charge in [-0.2, -0.15) is 0 Å². The standard InChI is InChI=1S/C15H21IN2/c1-11-9-18(15(8-17-11)13-4-5-13)10-12-2-6-14(16)7-3-12/h2-3,6-7,11,13,15,17H,4-5,8-10H2,1H3. The molecule has 1 N–H and O–H groups in total. The van der Waals surface area contributed by atoms with E-state index in [0.29, 0.717) is 6.04 Å². The van der Waals surface area contributed by atoms with Crippen LogP contribution in [-0.2, 0) is 6.54 Å². The molecule has 2 nitrogen and oxygen atoms in total. The third-order valence-corrected chi connectivity index (χ3v) is 4.84. The zero-order chi connectivity index (χ0) is 12.5. The molecule has 0 bridgehead atoms. The first-order chi connectivity index (χ1) is 8.72. The fourth-order valence-corrected chi connectivity index (χ4v) is 3.31. The van der Waals surface area contributed by atoms with E-state index in [2.05, 4.69) is 64.0 Å². The smallest absolute Gasteiger partial charge is 0.0253 e. The molecule has 1 saturated carbocycles. The summed E-state index contributed by atoms with van der Waals surface area (Å²) in [5, 5.41) is 3.64. The Kier molecular flexibility index (Phi) is 3.91. The molecule has 3 rings (SSSR count). The minimum atomic E-state index is 0.629. The van der Waals surface area contributed by atoms with Gasteiger partial charge in [0.15, 0.2) is 0 Å². The Balaban J connectivity index is 1.69. The van der Waals surface area contributed by atoms with E-state index in [0.717, 1.165) is 18.5 Å². The number of hydrogen-bond donors (Lipinski definition) is 1. The Bertz CT molecular complexity index is 399. The average Bonchev–Trinajstić information content (AvgIpc) is 3.17. The second-order valence-corrected chi connectivity index (χ2v) is 7.02. The van der Waals surface area contributed by atoms with Crippen molar-refractivity contribution in [2.75, 3.05) is 13.1 Å². The third-order valence-electron chi connectivity index (χ3n) is 4.12. The molecule has 0 radical (unpaired) electrons. The number of benzene rings is 1. The first-order valence-corrected chi connectivity index (χ1v) is 8.02. The summed E-state index contributed by atoms with van der Waals surface area (Å²) < 4.78 is 1.32.